The Morgan fingerprint density at radius 2 is 2.21 bits per heavy atom. The van der Waals surface area contributed by atoms with Crippen molar-refractivity contribution in [2.24, 2.45) is 11.7 Å². The summed E-state index contributed by atoms with van der Waals surface area (Å²) in [5.74, 6) is 2.73. The normalized spacial score (nSPS) is 12.9. The molecule has 0 bridgehead atoms. The Morgan fingerprint density at radius 3 is 3.00 bits per heavy atom. The predicted molar refractivity (Wildman–Crippen MR) is 82.7 cm³/mol. The fourth-order valence-electron chi connectivity index (χ4n) is 2.01. The minimum atomic E-state index is -0.0125. The SMILES string of the molecule is CC(CN)CSCCCn1c(=O)[nH]c2ccccc21. The van der Waals surface area contributed by atoms with Gasteiger partial charge in [-0.25, -0.2) is 4.79 Å². The number of thioether (sulfide) groups is 1. The minimum Gasteiger partial charge on any atom is -0.330 e. The number of aromatic amines is 1. The zero-order valence-electron chi connectivity index (χ0n) is 11.3. The Balaban J connectivity index is 1.88. The molecular weight excluding hydrogens is 258 g/mol. The van der Waals surface area contributed by atoms with Gasteiger partial charge in [0, 0.05) is 6.54 Å². The summed E-state index contributed by atoms with van der Waals surface area (Å²) >= 11 is 1.91. The first kappa shape index (κ1) is 14.2. The summed E-state index contributed by atoms with van der Waals surface area (Å²) in [6.45, 7) is 3.68. The maximum absolute atomic E-state index is 11.8. The van der Waals surface area contributed by atoms with Crippen LogP contribution < -0.4 is 11.4 Å². The van der Waals surface area contributed by atoms with Gasteiger partial charge in [0.25, 0.3) is 0 Å². The van der Waals surface area contributed by atoms with E-state index in [-0.39, 0.29) is 5.69 Å². The summed E-state index contributed by atoms with van der Waals surface area (Å²) in [4.78, 5) is 14.7. The van der Waals surface area contributed by atoms with Crippen molar-refractivity contribution in [1.29, 1.82) is 0 Å². The van der Waals surface area contributed by atoms with Crippen LogP contribution in [-0.4, -0.2) is 27.6 Å². The predicted octanol–water partition coefficient (Wildman–Crippen LogP) is 2.05. The van der Waals surface area contributed by atoms with E-state index in [9.17, 15) is 4.79 Å². The first-order chi connectivity index (χ1) is 9.22. The van der Waals surface area contributed by atoms with Crippen LogP contribution in [-0.2, 0) is 6.54 Å². The first-order valence-electron chi connectivity index (χ1n) is 6.67. The number of para-hydroxylation sites is 2. The lowest BCUT2D eigenvalue weighted by molar-refractivity contribution is 0.666. The molecule has 2 aromatic rings. The molecule has 0 aliphatic carbocycles. The number of imidazole rings is 1. The van der Waals surface area contributed by atoms with Gasteiger partial charge >= 0.3 is 5.69 Å². The quantitative estimate of drug-likeness (QED) is 0.762. The summed E-state index contributed by atoms with van der Waals surface area (Å²) in [5.41, 5.74) is 7.48. The second-order valence-electron chi connectivity index (χ2n) is 4.87. The number of hydrogen-bond acceptors (Lipinski definition) is 3. The highest BCUT2D eigenvalue weighted by Crippen LogP contribution is 2.12. The molecule has 104 valence electrons. The van der Waals surface area contributed by atoms with Crippen molar-refractivity contribution >= 4 is 22.8 Å². The van der Waals surface area contributed by atoms with Gasteiger partial charge < -0.3 is 10.7 Å². The summed E-state index contributed by atoms with van der Waals surface area (Å²) < 4.78 is 1.82. The van der Waals surface area contributed by atoms with E-state index in [2.05, 4.69) is 11.9 Å². The van der Waals surface area contributed by atoms with Gasteiger partial charge in [0.2, 0.25) is 0 Å². The van der Waals surface area contributed by atoms with E-state index in [1.165, 1.54) is 0 Å². The number of fused-ring (bicyclic) bond motifs is 1. The molecule has 0 radical (unpaired) electrons. The molecule has 5 heteroatoms. The standard InChI is InChI=1S/C14H21N3OS/c1-11(9-15)10-19-8-4-7-17-13-6-3-2-5-12(13)16-14(17)18/h2-3,5-6,11H,4,7-10,15H2,1H3,(H,16,18). The zero-order valence-corrected chi connectivity index (χ0v) is 12.1. The third-order valence-corrected chi connectivity index (χ3v) is 4.54. The monoisotopic (exact) mass is 279 g/mol. The van der Waals surface area contributed by atoms with Crippen molar-refractivity contribution in [2.75, 3.05) is 18.1 Å². The Morgan fingerprint density at radius 1 is 1.42 bits per heavy atom. The average molecular weight is 279 g/mol. The van der Waals surface area contributed by atoms with E-state index in [1.807, 2.05) is 40.6 Å². The second-order valence-corrected chi connectivity index (χ2v) is 6.02. The van der Waals surface area contributed by atoms with Crippen LogP contribution >= 0.6 is 11.8 Å². The second kappa shape index (κ2) is 6.82. The molecule has 0 spiro atoms. The van der Waals surface area contributed by atoms with Gasteiger partial charge in [0.15, 0.2) is 0 Å². The summed E-state index contributed by atoms with van der Waals surface area (Å²) in [6, 6.07) is 7.82. The molecule has 19 heavy (non-hydrogen) atoms. The maximum Gasteiger partial charge on any atom is 0.326 e. The van der Waals surface area contributed by atoms with Crippen molar-refractivity contribution in [3.05, 3.63) is 34.7 Å². The minimum absolute atomic E-state index is 0.0125. The lowest BCUT2D eigenvalue weighted by Gasteiger charge is -2.07. The van der Waals surface area contributed by atoms with E-state index in [0.717, 1.165) is 42.0 Å². The van der Waals surface area contributed by atoms with Crippen LogP contribution in [0.5, 0.6) is 0 Å². The lowest BCUT2D eigenvalue weighted by Crippen LogP contribution is -2.17. The van der Waals surface area contributed by atoms with Gasteiger partial charge in [0.1, 0.15) is 0 Å². The van der Waals surface area contributed by atoms with Crippen LogP contribution in [0.15, 0.2) is 29.1 Å². The van der Waals surface area contributed by atoms with Crippen LogP contribution in [0, 0.1) is 5.92 Å². The number of aryl methyl sites for hydroxylation is 1. The molecule has 0 aliphatic heterocycles. The third-order valence-electron chi connectivity index (χ3n) is 3.16. The van der Waals surface area contributed by atoms with Gasteiger partial charge in [0.05, 0.1) is 11.0 Å². The smallest absolute Gasteiger partial charge is 0.326 e. The number of nitrogens with zero attached hydrogens (tertiary/aromatic N) is 1. The molecule has 0 saturated heterocycles. The zero-order chi connectivity index (χ0) is 13.7. The van der Waals surface area contributed by atoms with Gasteiger partial charge in [-0.15, -0.1) is 0 Å². The molecule has 0 amide bonds. The number of hydrogen-bond donors (Lipinski definition) is 2. The summed E-state index contributed by atoms with van der Waals surface area (Å²) in [5, 5.41) is 0. The van der Waals surface area contributed by atoms with E-state index in [0.29, 0.717) is 5.92 Å². The highest BCUT2D eigenvalue weighted by Gasteiger charge is 2.05. The Labute approximate surface area is 117 Å². The number of H-pyrrole nitrogens is 1. The molecule has 2 rings (SSSR count). The van der Waals surface area contributed by atoms with Gasteiger partial charge in [-0.2, -0.15) is 11.8 Å². The molecule has 1 atom stereocenters. The van der Waals surface area contributed by atoms with Crippen LogP contribution in [0.25, 0.3) is 11.0 Å². The highest BCUT2D eigenvalue weighted by atomic mass is 32.2. The molecule has 1 aromatic carbocycles. The average Bonchev–Trinajstić information content (AvgIpc) is 2.74. The first-order valence-corrected chi connectivity index (χ1v) is 7.83. The Kier molecular flexibility index (Phi) is 5.10. The van der Waals surface area contributed by atoms with Crippen molar-refractivity contribution in [1.82, 2.24) is 9.55 Å². The Hall–Kier alpha value is -1.20. The molecule has 1 unspecified atom stereocenters. The largest absolute Gasteiger partial charge is 0.330 e. The van der Waals surface area contributed by atoms with Crippen molar-refractivity contribution < 1.29 is 0 Å². The summed E-state index contributed by atoms with van der Waals surface area (Å²) in [6.07, 6.45) is 1.00. The molecule has 1 heterocycles. The topological polar surface area (TPSA) is 63.8 Å². The van der Waals surface area contributed by atoms with Crippen molar-refractivity contribution in [3.63, 3.8) is 0 Å². The molecule has 4 nitrogen and oxygen atoms in total. The lowest BCUT2D eigenvalue weighted by atomic mass is 10.2. The number of nitrogens with two attached hydrogens (primary N) is 1. The number of aromatic nitrogens is 2. The van der Waals surface area contributed by atoms with Crippen LogP contribution in [0.4, 0.5) is 0 Å². The molecule has 1 aromatic heterocycles. The fraction of sp³-hybridized carbons (Fsp3) is 0.500. The summed E-state index contributed by atoms with van der Waals surface area (Å²) in [7, 11) is 0. The van der Waals surface area contributed by atoms with Crippen molar-refractivity contribution in [2.45, 2.75) is 19.9 Å². The number of nitrogens with one attached hydrogen (secondary N) is 1. The van der Waals surface area contributed by atoms with Gasteiger partial charge in [-0.1, -0.05) is 19.1 Å². The highest BCUT2D eigenvalue weighted by molar-refractivity contribution is 7.99. The maximum atomic E-state index is 11.8. The van der Waals surface area contributed by atoms with Gasteiger partial charge in [-0.3, -0.25) is 4.57 Å². The molecule has 0 aliphatic rings. The Bertz CT molecular complexity index is 575. The fourth-order valence-corrected chi connectivity index (χ4v) is 3.04. The van der Waals surface area contributed by atoms with E-state index in [4.69, 9.17) is 5.73 Å². The number of rotatable bonds is 7. The van der Waals surface area contributed by atoms with Crippen LogP contribution in [0.3, 0.4) is 0 Å². The molecule has 0 saturated carbocycles. The molecular formula is C14H21N3OS. The molecule has 0 fully saturated rings. The van der Waals surface area contributed by atoms with E-state index in [1.54, 1.807) is 0 Å². The number of benzene rings is 1. The third kappa shape index (κ3) is 3.64. The molecule has 3 N–H and O–H groups in total. The van der Waals surface area contributed by atoms with E-state index >= 15 is 0 Å². The van der Waals surface area contributed by atoms with Crippen molar-refractivity contribution in [3.8, 4) is 0 Å². The van der Waals surface area contributed by atoms with Gasteiger partial charge in [-0.05, 0) is 42.5 Å². The van der Waals surface area contributed by atoms with E-state index < -0.39 is 0 Å². The van der Waals surface area contributed by atoms with Crippen LogP contribution in [0.2, 0.25) is 0 Å². The van der Waals surface area contributed by atoms with Crippen LogP contribution in [0.1, 0.15) is 13.3 Å².